The van der Waals surface area contributed by atoms with Crippen molar-refractivity contribution in [1.82, 2.24) is 0 Å². The van der Waals surface area contributed by atoms with Crippen molar-refractivity contribution < 1.29 is 5.11 Å². The molecule has 0 amide bonds. The minimum atomic E-state index is -0.375. The van der Waals surface area contributed by atoms with E-state index in [4.69, 9.17) is 5.11 Å². The summed E-state index contributed by atoms with van der Waals surface area (Å²) in [5.74, 6) is 0. The van der Waals surface area contributed by atoms with Crippen molar-refractivity contribution >= 4 is 6.21 Å². The molecule has 2 nitrogen and oxygen atoms in total. The quantitative estimate of drug-likeness (QED) is 0.481. The van der Waals surface area contributed by atoms with Crippen LogP contribution in [0.3, 0.4) is 0 Å². The van der Waals surface area contributed by atoms with E-state index in [1.807, 2.05) is 6.92 Å². The zero-order valence-electron chi connectivity index (χ0n) is 4.78. The van der Waals surface area contributed by atoms with Crippen LogP contribution in [-0.4, -0.2) is 23.5 Å². The van der Waals surface area contributed by atoms with Gasteiger partial charge in [-0.15, -0.1) is 0 Å². The number of hydrogen-bond donors (Lipinski definition) is 1. The molecule has 0 spiro atoms. The lowest BCUT2D eigenvalue weighted by atomic mass is 10.1. The van der Waals surface area contributed by atoms with Gasteiger partial charge in [-0.3, -0.25) is 4.99 Å². The van der Waals surface area contributed by atoms with E-state index in [1.54, 1.807) is 18.4 Å². The highest BCUT2D eigenvalue weighted by Gasteiger charge is 2.09. The highest BCUT2D eigenvalue weighted by Crippen LogP contribution is 2.02. The largest absolute Gasteiger partial charge is 0.387 e. The zero-order valence-corrected chi connectivity index (χ0v) is 4.78. The summed E-state index contributed by atoms with van der Waals surface area (Å²) < 4.78 is 0. The topological polar surface area (TPSA) is 32.6 Å². The summed E-state index contributed by atoms with van der Waals surface area (Å²) in [7, 11) is 0. The highest BCUT2D eigenvalue weighted by molar-refractivity contribution is 5.72. The Labute approximate surface area is 48.6 Å². The van der Waals surface area contributed by atoms with E-state index < -0.39 is 0 Å². The molecule has 0 fully saturated rings. The molecule has 0 aliphatic carbocycles. The maximum Gasteiger partial charge on any atom is 0.0945 e. The average molecular weight is 111 g/mol. The van der Waals surface area contributed by atoms with Gasteiger partial charge in [-0.2, -0.15) is 0 Å². The summed E-state index contributed by atoms with van der Waals surface area (Å²) in [5.41, 5.74) is 0. The molecule has 0 aromatic rings. The second kappa shape index (κ2) is 2.09. The summed E-state index contributed by atoms with van der Waals surface area (Å²) in [6, 6.07) is 0.0417. The van der Waals surface area contributed by atoms with Crippen molar-refractivity contribution in [3.8, 4) is 0 Å². The Balaban J connectivity index is 2.59. The first kappa shape index (κ1) is 5.51. The molecule has 0 aromatic heterocycles. The second-order valence-corrected chi connectivity index (χ2v) is 1.91. The van der Waals surface area contributed by atoms with E-state index in [2.05, 4.69) is 4.99 Å². The van der Waals surface area contributed by atoms with Crippen LogP contribution in [0.5, 0.6) is 0 Å². The number of aliphatic hydroxyl groups excluding tert-OH is 1. The molecule has 0 bridgehead atoms. The van der Waals surface area contributed by atoms with Gasteiger partial charge in [-0.1, -0.05) is 6.08 Å². The predicted molar refractivity (Wildman–Crippen MR) is 33.1 cm³/mol. The predicted octanol–water partition coefficient (Wildman–Crippen LogP) is 0.376. The fourth-order valence-electron chi connectivity index (χ4n) is 0.598. The number of aliphatic imine (C=N–C) groups is 1. The van der Waals surface area contributed by atoms with Crippen LogP contribution >= 0.6 is 0 Å². The van der Waals surface area contributed by atoms with Gasteiger partial charge < -0.3 is 5.11 Å². The molecule has 8 heavy (non-hydrogen) atoms. The molecule has 1 N–H and O–H groups in total. The SMILES string of the molecule is CC1N=CC=CC1O. The number of dihydropyridines is 1. The Bertz CT molecular complexity index is 112. The minimum Gasteiger partial charge on any atom is -0.387 e. The van der Waals surface area contributed by atoms with E-state index in [0.29, 0.717) is 0 Å². The van der Waals surface area contributed by atoms with Gasteiger partial charge in [0.1, 0.15) is 0 Å². The van der Waals surface area contributed by atoms with Gasteiger partial charge in [0.2, 0.25) is 0 Å². The maximum atomic E-state index is 8.98. The lowest BCUT2D eigenvalue weighted by Crippen LogP contribution is -2.20. The molecular formula is C6H9NO. The van der Waals surface area contributed by atoms with Crippen molar-refractivity contribution in [1.29, 1.82) is 0 Å². The van der Waals surface area contributed by atoms with Gasteiger partial charge >= 0.3 is 0 Å². The van der Waals surface area contributed by atoms with Crippen LogP contribution in [0.1, 0.15) is 6.92 Å². The Morgan fingerprint density at radius 3 is 2.75 bits per heavy atom. The minimum absolute atomic E-state index is 0.0417. The molecule has 44 valence electrons. The molecule has 2 heteroatoms. The zero-order chi connectivity index (χ0) is 5.98. The van der Waals surface area contributed by atoms with Crippen molar-refractivity contribution in [2.24, 2.45) is 4.99 Å². The van der Waals surface area contributed by atoms with Crippen LogP contribution in [0.25, 0.3) is 0 Å². The molecule has 0 saturated carbocycles. The molecule has 1 aliphatic heterocycles. The van der Waals surface area contributed by atoms with Gasteiger partial charge in [0, 0.05) is 6.21 Å². The van der Waals surface area contributed by atoms with Crippen LogP contribution in [0.2, 0.25) is 0 Å². The summed E-state index contributed by atoms with van der Waals surface area (Å²) >= 11 is 0. The third-order valence-corrected chi connectivity index (χ3v) is 1.21. The van der Waals surface area contributed by atoms with Crippen LogP contribution in [-0.2, 0) is 0 Å². The lowest BCUT2D eigenvalue weighted by molar-refractivity contribution is 0.198. The third kappa shape index (κ3) is 0.954. The van der Waals surface area contributed by atoms with Gasteiger partial charge in [-0.25, -0.2) is 0 Å². The number of aliphatic hydroxyl groups is 1. The smallest absolute Gasteiger partial charge is 0.0945 e. The summed E-state index contributed by atoms with van der Waals surface area (Å²) in [6.07, 6.45) is 4.82. The fourth-order valence-corrected chi connectivity index (χ4v) is 0.598. The number of hydrogen-bond acceptors (Lipinski definition) is 2. The summed E-state index contributed by atoms with van der Waals surface area (Å²) in [4.78, 5) is 3.95. The van der Waals surface area contributed by atoms with Crippen LogP contribution in [0.15, 0.2) is 17.1 Å². The highest BCUT2D eigenvalue weighted by atomic mass is 16.3. The Kier molecular flexibility index (Phi) is 1.44. The number of nitrogens with zero attached hydrogens (tertiary/aromatic N) is 1. The van der Waals surface area contributed by atoms with E-state index >= 15 is 0 Å². The summed E-state index contributed by atoms with van der Waals surface area (Å²) in [5, 5.41) is 8.98. The van der Waals surface area contributed by atoms with Crippen molar-refractivity contribution in [2.45, 2.75) is 19.1 Å². The Morgan fingerprint density at radius 2 is 2.38 bits per heavy atom. The molecule has 0 aromatic carbocycles. The first-order valence-corrected chi connectivity index (χ1v) is 2.69. The van der Waals surface area contributed by atoms with E-state index in [-0.39, 0.29) is 12.1 Å². The molecule has 2 unspecified atom stereocenters. The van der Waals surface area contributed by atoms with Gasteiger partial charge in [0.25, 0.3) is 0 Å². The van der Waals surface area contributed by atoms with Gasteiger partial charge in [0.05, 0.1) is 12.1 Å². The first-order valence-electron chi connectivity index (χ1n) is 2.69. The normalized spacial score (nSPS) is 35.8. The average Bonchev–Trinajstić information content (AvgIpc) is 1.77. The number of allylic oxidation sites excluding steroid dienone is 1. The van der Waals surface area contributed by atoms with Crippen LogP contribution in [0, 0.1) is 0 Å². The molecule has 1 aliphatic rings. The fraction of sp³-hybridized carbons (Fsp3) is 0.500. The van der Waals surface area contributed by atoms with E-state index in [9.17, 15) is 0 Å². The standard InChI is InChI=1S/C6H9NO/c1-5-6(8)3-2-4-7-5/h2-6,8H,1H3. The lowest BCUT2D eigenvalue weighted by Gasteiger charge is -2.12. The van der Waals surface area contributed by atoms with E-state index in [1.165, 1.54) is 0 Å². The Hall–Kier alpha value is -0.630. The van der Waals surface area contributed by atoms with Crippen LogP contribution < -0.4 is 0 Å². The Morgan fingerprint density at radius 1 is 1.62 bits per heavy atom. The van der Waals surface area contributed by atoms with Crippen LogP contribution in [0.4, 0.5) is 0 Å². The second-order valence-electron chi connectivity index (χ2n) is 1.91. The monoisotopic (exact) mass is 111 g/mol. The molecule has 0 radical (unpaired) electrons. The van der Waals surface area contributed by atoms with Crippen molar-refractivity contribution in [2.75, 3.05) is 0 Å². The molecule has 2 atom stereocenters. The molecule has 1 rings (SSSR count). The molecular weight excluding hydrogens is 102 g/mol. The van der Waals surface area contributed by atoms with Crippen molar-refractivity contribution in [3.63, 3.8) is 0 Å². The number of rotatable bonds is 0. The first-order chi connectivity index (χ1) is 3.80. The maximum absolute atomic E-state index is 8.98. The van der Waals surface area contributed by atoms with Gasteiger partial charge in [-0.05, 0) is 13.0 Å². The molecule has 1 heterocycles. The van der Waals surface area contributed by atoms with Gasteiger partial charge in [0.15, 0.2) is 0 Å². The molecule has 0 saturated heterocycles. The van der Waals surface area contributed by atoms with E-state index in [0.717, 1.165) is 0 Å². The third-order valence-electron chi connectivity index (χ3n) is 1.21. The van der Waals surface area contributed by atoms with Crippen molar-refractivity contribution in [3.05, 3.63) is 12.2 Å². The summed E-state index contributed by atoms with van der Waals surface area (Å²) in [6.45, 7) is 1.88.